The van der Waals surface area contributed by atoms with E-state index in [4.69, 9.17) is 11.6 Å². The molecule has 3 aromatic heterocycles. The van der Waals surface area contributed by atoms with Crippen LogP contribution in [0.3, 0.4) is 0 Å². The second-order valence-electron chi connectivity index (χ2n) is 4.55. The first-order chi connectivity index (χ1) is 10.0. The number of fused-ring (bicyclic) bond motifs is 1. The number of aromatic amines is 2. The predicted octanol–water partition coefficient (Wildman–Crippen LogP) is 1.46. The van der Waals surface area contributed by atoms with Crippen LogP contribution in [0.4, 0.5) is 0 Å². The van der Waals surface area contributed by atoms with Crippen LogP contribution in [0, 0.1) is 6.92 Å². The number of aryl methyl sites for hydroxylation is 2. The Balaban J connectivity index is 2.33. The summed E-state index contributed by atoms with van der Waals surface area (Å²) in [7, 11) is 0. The zero-order valence-corrected chi connectivity index (χ0v) is 12.2. The van der Waals surface area contributed by atoms with Gasteiger partial charge in [-0.05, 0) is 26.0 Å². The monoisotopic (exact) mass is 305 g/mol. The van der Waals surface area contributed by atoms with Crippen LogP contribution in [-0.4, -0.2) is 24.5 Å². The molecule has 0 spiro atoms. The molecule has 3 rings (SSSR count). The average molecular weight is 306 g/mol. The third-order valence-electron chi connectivity index (χ3n) is 3.26. The molecule has 0 saturated carbocycles. The fourth-order valence-electron chi connectivity index (χ4n) is 2.24. The van der Waals surface area contributed by atoms with E-state index in [1.54, 1.807) is 19.1 Å². The van der Waals surface area contributed by atoms with Crippen molar-refractivity contribution in [2.45, 2.75) is 20.4 Å². The van der Waals surface area contributed by atoms with Gasteiger partial charge in [-0.25, -0.2) is 14.8 Å². The van der Waals surface area contributed by atoms with Gasteiger partial charge in [0.15, 0.2) is 5.65 Å². The first-order valence-corrected chi connectivity index (χ1v) is 6.75. The molecule has 8 heteroatoms. The van der Waals surface area contributed by atoms with Gasteiger partial charge in [0.25, 0.3) is 5.56 Å². The van der Waals surface area contributed by atoms with Gasteiger partial charge < -0.3 is 4.98 Å². The van der Waals surface area contributed by atoms with E-state index in [9.17, 15) is 9.59 Å². The van der Waals surface area contributed by atoms with Gasteiger partial charge in [-0.3, -0.25) is 14.3 Å². The van der Waals surface area contributed by atoms with Crippen molar-refractivity contribution in [3.63, 3.8) is 0 Å². The highest BCUT2D eigenvalue weighted by molar-refractivity contribution is 6.29. The molecule has 2 N–H and O–H groups in total. The minimum absolute atomic E-state index is 0.265. The van der Waals surface area contributed by atoms with Gasteiger partial charge in [0.2, 0.25) is 0 Å². The van der Waals surface area contributed by atoms with Crippen LogP contribution in [0.25, 0.3) is 22.6 Å². The third kappa shape index (κ3) is 2.15. The molecule has 108 valence electrons. The summed E-state index contributed by atoms with van der Waals surface area (Å²) in [5.41, 5.74) is 1.04. The summed E-state index contributed by atoms with van der Waals surface area (Å²) in [4.78, 5) is 37.4. The van der Waals surface area contributed by atoms with Crippen LogP contribution < -0.4 is 11.2 Å². The zero-order valence-electron chi connectivity index (χ0n) is 11.4. The molecule has 0 unspecified atom stereocenters. The summed E-state index contributed by atoms with van der Waals surface area (Å²) in [6.45, 7) is 4.02. The minimum Gasteiger partial charge on any atom is -0.332 e. The molecule has 0 radical (unpaired) electrons. The standard InChI is InChI=1S/C13H12ClN5O2/c1-3-19-11-9(12(20)18-13(19)21)16-10(17-11)7-4-5-8(14)15-6(7)2/h4-5H,3H2,1-2H3,(H,16,17)(H,18,20,21). The number of nitrogens with zero attached hydrogens (tertiary/aromatic N) is 3. The Morgan fingerprint density at radius 3 is 2.67 bits per heavy atom. The van der Waals surface area contributed by atoms with Crippen molar-refractivity contribution in [3.8, 4) is 11.4 Å². The van der Waals surface area contributed by atoms with E-state index in [1.165, 1.54) is 4.57 Å². The lowest BCUT2D eigenvalue weighted by atomic mass is 10.2. The maximum atomic E-state index is 11.9. The molecule has 21 heavy (non-hydrogen) atoms. The van der Waals surface area contributed by atoms with Crippen LogP contribution in [0.1, 0.15) is 12.6 Å². The third-order valence-corrected chi connectivity index (χ3v) is 3.47. The van der Waals surface area contributed by atoms with E-state index in [0.717, 1.165) is 5.56 Å². The molecule has 0 atom stereocenters. The van der Waals surface area contributed by atoms with E-state index in [2.05, 4.69) is 19.9 Å². The zero-order chi connectivity index (χ0) is 15.1. The number of hydrogen-bond acceptors (Lipinski definition) is 4. The van der Waals surface area contributed by atoms with E-state index in [1.807, 2.05) is 6.92 Å². The number of hydrogen-bond donors (Lipinski definition) is 2. The summed E-state index contributed by atoms with van der Waals surface area (Å²) in [6, 6.07) is 3.42. The van der Waals surface area contributed by atoms with Gasteiger partial charge >= 0.3 is 5.69 Å². The van der Waals surface area contributed by atoms with Crippen molar-refractivity contribution in [1.82, 2.24) is 24.5 Å². The number of pyridine rings is 1. The van der Waals surface area contributed by atoms with Crippen molar-refractivity contribution >= 4 is 22.8 Å². The van der Waals surface area contributed by atoms with Gasteiger partial charge in [0.05, 0.1) is 0 Å². The van der Waals surface area contributed by atoms with Gasteiger partial charge in [-0.1, -0.05) is 11.6 Å². The lowest BCUT2D eigenvalue weighted by Crippen LogP contribution is -2.29. The molecule has 0 aliphatic carbocycles. The second kappa shape index (κ2) is 4.85. The largest absolute Gasteiger partial charge is 0.332 e. The van der Waals surface area contributed by atoms with Crippen LogP contribution in [0.15, 0.2) is 21.7 Å². The quantitative estimate of drug-likeness (QED) is 0.700. The summed E-state index contributed by atoms with van der Waals surface area (Å²) >= 11 is 5.83. The van der Waals surface area contributed by atoms with Crippen molar-refractivity contribution in [2.75, 3.05) is 0 Å². The van der Waals surface area contributed by atoms with Gasteiger partial charge in [-0.15, -0.1) is 0 Å². The summed E-state index contributed by atoms with van der Waals surface area (Å²) in [5, 5.41) is 0.385. The van der Waals surface area contributed by atoms with E-state index in [0.29, 0.717) is 28.9 Å². The molecule has 0 aliphatic heterocycles. The maximum Gasteiger partial charge on any atom is 0.330 e. The Kier molecular flexibility index (Phi) is 3.13. The van der Waals surface area contributed by atoms with Crippen molar-refractivity contribution in [1.29, 1.82) is 0 Å². The van der Waals surface area contributed by atoms with Crippen molar-refractivity contribution in [3.05, 3.63) is 43.8 Å². The second-order valence-corrected chi connectivity index (χ2v) is 4.94. The highest BCUT2D eigenvalue weighted by Crippen LogP contribution is 2.22. The molecule has 0 saturated heterocycles. The Bertz CT molecular complexity index is 953. The topological polar surface area (TPSA) is 96.4 Å². The average Bonchev–Trinajstić information content (AvgIpc) is 2.84. The van der Waals surface area contributed by atoms with Crippen LogP contribution in [-0.2, 0) is 6.54 Å². The fraction of sp³-hybridized carbons (Fsp3) is 0.231. The molecular formula is C13H12ClN5O2. The fourth-order valence-corrected chi connectivity index (χ4v) is 2.43. The number of aromatic nitrogens is 5. The van der Waals surface area contributed by atoms with Gasteiger partial charge in [-0.2, -0.15) is 0 Å². The SMILES string of the molecule is CCn1c(=O)[nH]c(=O)c2[nH]c(-c3ccc(Cl)nc3C)nc21. The summed E-state index contributed by atoms with van der Waals surface area (Å²) in [6.07, 6.45) is 0. The van der Waals surface area contributed by atoms with E-state index in [-0.39, 0.29) is 5.52 Å². The van der Waals surface area contributed by atoms with E-state index < -0.39 is 11.2 Å². The highest BCUT2D eigenvalue weighted by Gasteiger charge is 2.14. The lowest BCUT2D eigenvalue weighted by molar-refractivity contribution is 0.720. The van der Waals surface area contributed by atoms with Crippen LogP contribution >= 0.6 is 11.6 Å². The highest BCUT2D eigenvalue weighted by atomic mass is 35.5. The molecule has 3 heterocycles. The Labute approximate surface area is 123 Å². The molecule has 3 aromatic rings. The Morgan fingerprint density at radius 1 is 1.24 bits per heavy atom. The van der Waals surface area contributed by atoms with Crippen molar-refractivity contribution < 1.29 is 0 Å². The molecule has 0 bridgehead atoms. The maximum absolute atomic E-state index is 11.9. The Hall–Kier alpha value is -2.41. The molecular weight excluding hydrogens is 294 g/mol. The molecule has 7 nitrogen and oxygen atoms in total. The number of halogens is 1. The minimum atomic E-state index is -0.488. The van der Waals surface area contributed by atoms with Gasteiger partial charge in [0, 0.05) is 17.8 Å². The number of H-pyrrole nitrogens is 2. The van der Waals surface area contributed by atoms with E-state index >= 15 is 0 Å². The molecule has 0 fully saturated rings. The lowest BCUT2D eigenvalue weighted by Gasteiger charge is -2.01. The van der Waals surface area contributed by atoms with Crippen LogP contribution in [0.2, 0.25) is 5.15 Å². The number of imidazole rings is 1. The van der Waals surface area contributed by atoms with Gasteiger partial charge in [0.1, 0.15) is 16.5 Å². The number of nitrogens with one attached hydrogen (secondary N) is 2. The van der Waals surface area contributed by atoms with Crippen LogP contribution in [0.5, 0.6) is 0 Å². The molecule has 0 aliphatic rings. The first-order valence-electron chi connectivity index (χ1n) is 6.37. The van der Waals surface area contributed by atoms with Crippen molar-refractivity contribution in [2.24, 2.45) is 0 Å². The predicted molar refractivity (Wildman–Crippen MR) is 79.6 cm³/mol. The summed E-state index contributed by atoms with van der Waals surface area (Å²) < 4.78 is 1.40. The molecule has 0 amide bonds. The Morgan fingerprint density at radius 2 is 2.00 bits per heavy atom. The number of rotatable bonds is 2. The molecule has 0 aromatic carbocycles. The normalized spacial score (nSPS) is 11.2. The first kappa shape index (κ1) is 13.6. The summed E-state index contributed by atoms with van der Waals surface area (Å²) in [5.74, 6) is 0.477. The smallest absolute Gasteiger partial charge is 0.330 e.